The number of amides is 1. The van der Waals surface area contributed by atoms with E-state index < -0.39 is 5.41 Å². The molecular weight excluding hydrogens is 462 g/mol. The Bertz CT molecular complexity index is 1390. The van der Waals surface area contributed by atoms with Crippen LogP contribution in [0.4, 0.5) is 5.69 Å². The molecule has 1 aromatic heterocycles. The lowest BCUT2D eigenvalue weighted by molar-refractivity contribution is -0.122. The highest BCUT2D eigenvalue weighted by Crippen LogP contribution is 2.41. The summed E-state index contributed by atoms with van der Waals surface area (Å²) in [5.74, 6) is 0.925. The van der Waals surface area contributed by atoms with Crippen molar-refractivity contribution in [2.75, 3.05) is 19.0 Å². The zero-order valence-electron chi connectivity index (χ0n) is 21.1. The number of nitrogens with zero attached hydrogens (tertiary/aromatic N) is 1. The fourth-order valence-electron chi connectivity index (χ4n) is 5.10. The average molecular weight is 494 g/mol. The molecule has 2 atom stereocenters. The van der Waals surface area contributed by atoms with Crippen LogP contribution in [0.25, 0.3) is 11.1 Å². The van der Waals surface area contributed by atoms with Crippen molar-refractivity contribution in [3.05, 3.63) is 108 Å². The van der Waals surface area contributed by atoms with Crippen LogP contribution in [0.1, 0.15) is 36.2 Å². The first-order valence-electron chi connectivity index (χ1n) is 12.5. The highest BCUT2D eigenvalue weighted by molar-refractivity contribution is 5.80. The van der Waals surface area contributed by atoms with E-state index in [1.165, 1.54) is 0 Å². The number of hydrogen-bond donors (Lipinski definition) is 3. The van der Waals surface area contributed by atoms with Gasteiger partial charge in [-0.15, -0.1) is 0 Å². The maximum atomic E-state index is 13.6. The molecule has 0 aliphatic carbocycles. The number of rotatable bonds is 8. The van der Waals surface area contributed by atoms with E-state index in [2.05, 4.69) is 29.7 Å². The monoisotopic (exact) mass is 493 g/mol. The molecule has 3 aromatic carbocycles. The van der Waals surface area contributed by atoms with Gasteiger partial charge in [0.2, 0.25) is 5.91 Å². The summed E-state index contributed by atoms with van der Waals surface area (Å²) in [6.07, 6.45) is 2.67. The minimum Gasteiger partial charge on any atom is -0.508 e. The van der Waals surface area contributed by atoms with Gasteiger partial charge in [0, 0.05) is 35.8 Å². The second-order valence-corrected chi connectivity index (χ2v) is 9.80. The summed E-state index contributed by atoms with van der Waals surface area (Å²) in [6, 6.07) is 26.9. The molecule has 1 aliphatic heterocycles. The molecule has 0 spiro atoms. The zero-order valence-corrected chi connectivity index (χ0v) is 21.1. The van der Waals surface area contributed by atoms with Crippen LogP contribution < -0.4 is 15.4 Å². The van der Waals surface area contributed by atoms with Gasteiger partial charge in [-0.05, 0) is 59.5 Å². The molecule has 6 heteroatoms. The van der Waals surface area contributed by atoms with Gasteiger partial charge in [-0.1, -0.05) is 55.5 Å². The molecule has 3 N–H and O–H groups in total. The minimum atomic E-state index is -0.432. The molecule has 6 nitrogen and oxygen atoms in total. The summed E-state index contributed by atoms with van der Waals surface area (Å²) < 4.78 is 5.33. The summed E-state index contributed by atoms with van der Waals surface area (Å²) in [4.78, 5) is 18.3. The third-order valence-corrected chi connectivity index (χ3v) is 7.06. The SMILES string of the molecule is COc1ccc(-c2cccnc2[C@H](Cc2ccccc2)NC(=O)CC2(C)CNc3ccc(O)cc32)cc1. The molecular formula is C31H31N3O3. The molecule has 0 saturated heterocycles. The molecule has 4 aromatic rings. The van der Waals surface area contributed by atoms with Crippen LogP contribution in [0.2, 0.25) is 0 Å². The number of pyridine rings is 1. The van der Waals surface area contributed by atoms with E-state index in [1.54, 1.807) is 25.4 Å². The lowest BCUT2D eigenvalue weighted by atomic mass is 9.81. The van der Waals surface area contributed by atoms with Crippen LogP contribution in [0.5, 0.6) is 11.5 Å². The number of carbonyl (C=O) groups is 1. The Morgan fingerprint density at radius 2 is 1.86 bits per heavy atom. The van der Waals surface area contributed by atoms with E-state index in [1.807, 2.05) is 60.7 Å². The third kappa shape index (κ3) is 5.28. The van der Waals surface area contributed by atoms with E-state index in [0.29, 0.717) is 13.0 Å². The summed E-state index contributed by atoms with van der Waals surface area (Å²) in [6.45, 7) is 2.68. The van der Waals surface area contributed by atoms with Gasteiger partial charge < -0.3 is 20.5 Å². The van der Waals surface area contributed by atoms with Gasteiger partial charge in [-0.3, -0.25) is 9.78 Å². The fraction of sp³-hybridized carbons (Fsp3) is 0.226. The molecule has 1 aliphatic rings. The molecule has 188 valence electrons. The quantitative estimate of drug-likeness (QED) is 0.277. The van der Waals surface area contributed by atoms with Crippen molar-refractivity contribution in [1.82, 2.24) is 10.3 Å². The van der Waals surface area contributed by atoms with E-state index in [9.17, 15) is 9.90 Å². The average Bonchev–Trinajstić information content (AvgIpc) is 3.24. The number of benzene rings is 3. The van der Waals surface area contributed by atoms with Crippen molar-refractivity contribution in [3.8, 4) is 22.6 Å². The van der Waals surface area contributed by atoms with Crippen LogP contribution in [0.15, 0.2) is 91.1 Å². The lowest BCUT2D eigenvalue weighted by Gasteiger charge is -2.26. The van der Waals surface area contributed by atoms with Crippen LogP contribution in [-0.2, 0) is 16.6 Å². The van der Waals surface area contributed by atoms with Crippen molar-refractivity contribution in [2.45, 2.75) is 31.2 Å². The largest absolute Gasteiger partial charge is 0.508 e. The molecule has 0 fully saturated rings. The van der Waals surface area contributed by atoms with E-state index in [0.717, 1.165) is 39.4 Å². The van der Waals surface area contributed by atoms with Crippen LogP contribution in [0, 0.1) is 0 Å². The normalized spacial score (nSPS) is 16.9. The first-order valence-corrected chi connectivity index (χ1v) is 12.5. The number of carbonyl (C=O) groups excluding carboxylic acids is 1. The number of aromatic hydroxyl groups is 1. The highest BCUT2D eigenvalue weighted by atomic mass is 16.5. The molecule has 0 saturated carbocycles. The van der Waals surface area contributed by atoms with Crippen molar-refractivity contribution in [3.63, 3.8) is 0 Å². The Balaban J connectivity index is 1.45. The summed E-state index contributed by atoms with van der Waals surface area (Å²) >= 11 is 0. The number of nitrogens with one attached hydrogen (secondary N) is 2. The highest BCUT2D eigenvalue weighted by Gasteiger charge is 2.37. The standard InChI is InChI=1S/C31H31N3O3/c1-31(20-33-27-15-12-23(35)18-26(27)31)19-29(36)34-28(17-21-7-4-3-5-8-21)30-25(9-6-16-32-30)22-10-13-24(37-2)14-11-22/h3-16,18,28,33,35H,17,19-20H2,1-2H3,(H,34,36)/t28-,31?/m0/s1. The Kier molecular flexibility index (Phi) is 6.82. The first kappa shape index (κ1) is 24.4. The Labute approximate surface area is 217 Å². The molecule has 1 amide bonds. The molecule has 1 unspecified atom stereocenters. The summed E-state index contributed by atoms with van der Waals surface area (Å²) in [5.41, 5.74) is 5.39. The van der Waals surface area contributed by atoms with Gasteiger partial charge in [0.25, 0.3) is 0 Å². The molecule has 0 bridgehead atoms. The van der Waals surface area contributed by atoms with E-state index >= 15 is 0 Å². The lowest BCUT2D eigenvalue weighted by Crippen LogP contribution is -2.37. The van der Waals surface area contributed by atoms with Crippen LogP contribution in [-0.4, -0.2) is 29.7 Å². The van der Waals surface area contributed by atoms with Crippen LogP contribution >= 0.6 is 0 Å². The number of phenols is 1. The second kappa shape index (κ2) is 10.3. The summed E-state index contributed by atoms with van der Waals surface area (Å²) in [5, 5.41) is 16.7. The number of fused-ring (bicyclic) bond motifs is 1. The van der Waals surface area contributed by atoms with E-state index in [4.69, 9.17) is 9.72 Å². The third-order valence-electron chi connectivity index (χ3n) is 7.06. The zero-order chi connectivity index (χ0) is 25.8. The maximum absolute atomic E-state index is 13.6. The Morgan fingerprint density at radius 1 is 1.08 bits per heavy atom. The molecule has 37 heavy (non-hydrogen) atoms. The minimum absolute atomic E-state index is 0.0623. The van der Waals surface area contributed by atoms with Crippen LogP contribution in [0.3, 0.4) is 0 Å². The molecule has 5 rings (SSSR count). The Morgan fingerprint density at radius 3 is 2.62 bits per heavy atom. The summed E-state index contributed by atoms with van der Waals surface area (Å²) in [7, 11) is 1.65. The van der Waals surface area contributed by atoms with Gasteiger partial charge in [-0.25, -0.2) is 0 Å². The number of methoxy groups -OCH3 is 1. The van der Waals surface area contributed by atoms with Crippen molar-refractivity contribution in [2.24, 2.45) is 0 Å². The number of ether oxygens (including phenoxy) is 1. The van der Waals surface area contributed by atoms with Gasteiger partial charge >= 0.3 is 0 Å². The molecule has 2 heterocycles. The van der Waals surface area contributed by atoms with E-state index in [-0.39, 0.29) is 24.1 Å². The predicted octanol–water partition coefficient (Wildman–Crippen LogP) is 5.64. The van der Waals surface area contributed by atoms with Crippen molar-refractivity contribution in [1.29, 1.82) is 0 Å². The van der Waals surface area contributed by atoms with Gasteiger partial charge in [0.15, 0.2) is 0 Å². The van der Waals surface area contributed by atoms with Gasteiger partial charge in [0.1, 0.15) is 11.5 Å². The second-order valence-electron chi connectivity index (χ2n) is 9.80. The van der Waals surface area contributed by atoms with Crippen molar-refractivity contribution < 1.29 is 14.6 Å². The number of phenolic OH excluding ortho intramolecular Hbond substituents is 1. The Hall–Kier alpha value is -4.32. The number of anilines is 1. The predicted molar refractivity (Wildman–Crippen MR) is 146 cm³/mol. The van der Waals surface area contributed by atoms with Gasteiger partial charge in [0.05, 0.1) is 18.8 Å². The topological polar surface area (TPSA) is 83.5 Å². The molecule has 0 radical (unpaired) electrons. The number of hydrogen-bond acceptors (Lipinski definition) is 5. The maximum Gasteiger partial charge on any atom is 0.221 e. The number of aromatic nitrogens is 1. The van der Waals surface area contributed by atoms with Crippen molar-refractivity contribution >= 4 is 11.6 Å². The smallest absolute Gasteiger partial charge is 0.221 e. The first-order chi connectivity index (χ1) is 17.9. The van der Waals surface area contributed by atoms with Gasteiger partial charge in [-0.2, -0.15) is 0 Å². The fourth-order valence-corrected chi connectivity index (χ4v) is 5.10.